The number of hydrogen-bond donors (Lipinski definition) is 3. The van der Waals surface area contributed by atoms with Crippen LogP contribution in [0.2, 0.25) is 0 Å². The molecule has 1 saturated carbocycles. The van der Waals surface area contributed by atoms with Crippen molar-refractivity contribution in [2.24, 2.45) is 5.92 Å². The molecule has 6 nitrogen and oxygen atoms in total. The SMILES string of the molecule is CNc1ccc(Br)cc1NC(=O)[C@@H]1CCC[C@H](NC(=O)OC(C)(C)C)C1. The van der Waals surface area contributed by atoms with Crippen molar-refractivity contribution in [2.45, 2.75) is 58.1 Å². The van der Waals surface area contributed by atoms with Crippen LogP contribution in [0.1, 0.15) is 46.5 Å². The van der Waals surface area contributed by atoms with Crippen molar-refractivity contribution in [3.05, 3.63) is 22.7 Å². The minimum absolute atomic E-state index is 0.0183. The highest BCUT2D eigenvalue weighted by Gasteiger charge is 2.29. The van der Waals surface area contributed by atoms with Gasteiger partial charge < -0.3 is 20.7 Å². The summed E-state index contributed by atoms with van der Waals surface area (Å²) in [4.78, 5) is 24.7. The molecule has 0 spiro atoms. The first-order valence-corrected chi connectivity index (χ1v) is 9.75. The molecule has 0 heterocycles. The van der Waals surface area contributed by atoms with E-state index in [-0.39, 0.29) is 17.9 Å². The van der Waals surface area contributed by atoms with Gasteiger partial charge in [0.1, 0.15) is 5.60 Å². The van der Waals surface area contributed by atoms with Crippen molar-refractivity contribution in [2.75, 3.05) is 17.7 Å². The molecular weight excluding hydrogens is 398 g/mol. The second-order valence-electron chi connectivity index (χ2n) is 7.64. The molecule has 2 atom stereocenters. The van der Waals surface area contributed by atoms with E-state index in [2.05, 4.69) is 31.9 Å². The van der Waals surface area contributed by atoms with Gasteiger partial charge in [-0.3, -0.25) is 4.79 Å². The molecule has 0 aliphatic heterocycles. The largest absolute Gasteiger partial charge is 0.444 e. The number of nitrogens with one attached hydrogen (secondary N) is 3. The standard InChI is InChI=1S/C19H28BrN3O3/c1-19(2,3)26-18(25)22-14-7-5-6-12(10-14)17(24)23-16-11-13(20)8-9-15(16)21-4/h8-9,11-12,14,21H,5-7,10H2,1-4H3,(H,22,25)(H,23,24)/t12-,14+/m1/s1. The molecule has 1 aromatic carbocycles. The zero-order chi connectivity index (χ0) is 19.3. The third-order valence-electron chi connectivity index (χ3n) is 4.27. The van der Waals surface area contributed by atoms with Gasteiger partial charge in [0.25, 0.3) is 0 Å². The molecule has 1 aromatic rings. The van der Waals surface area contributed by atoms with Crippen molar-refractivity contribution < 1.29 is 14.3 Å². The van der Waals surface area contributed by atoms with E-state index >= 15 is 0 Å². The fourth-order valence-electron chi connectivity index (χ4n) is 3.11. The summed E-state index contributed by atoms with van der Waals surface area (Å²) >= 11 is 3.43. The highest BCUT2D eigenvalue weighted by atomic mass is 79.9. The van der Waals surface area contributed by atoms with E-state index in [0.717, 1.165) is 35.1 Å². The maximum absolute atomic E-state index is 12.7. The Morgan fingerprint density at radius 2 is 1.92 bits per heavy atom. The first kappa shape index (κ1) is 20.6. The van der Waals surface area contributed by atoms with Gasteiger partial charge in [0.05, 0.1) is 11.4 Å². The fraction of sp³-hybridized carbons (Fsp3) is 0.579. The number of rotatable bonds is 4. The van der Waals surface area contributed by atoms with Crippen LogP contribution in [-0.2, 0) is 9.53 Å². The van der Waals surface area contributed by atoms with Gasteiger partial charge in [-0.2, -0.15) is 0 Å². The van der Waals surface area contributed by atoms with Crippen LogP contribution < -0.4 is 16.0 Å². The normalized spacial score (nSPS) is 20.2. The van der Waals surface area contributed by atoms with E-state index < -0.39 is 11.7 Å². The lowest BCUT2D eigenvalue weighted by Gasteiger charge is -2.30. The van der Waals surface area contributed by atoms with Crippen molar-refractivity contribution in [3.8, 4) is 0 Å². The minimum atomic E-state index is -0.528. The summed E-state index contributed by atoms with van der Waals surface area (Å²) in [6, 6.07) is 5.67. The van der Waals surface area contributed by atoms with Gasteiger partial charge in [-0.25, -0.2) is 4.79 Å². The lowest BCUT2D eigenvalue weighted by atomic mass is 9.85. The zero-order valence-electron chi connectivity index (χ0n) is 15.8. The molecular formula is C19H28BrN3O3. The highest BCUT2D eigenvalue weighted by molar-refractivity contribution is 9.10. The third kappa shape index (κ3) is 6.20. The summed E-state index contributed by atoms with van der Waals surface area (Å²) in [5.41, 5.74) is 1.08. The van der Waals surface area contributed by atoms with Crippen LogP contribution >= 0.6 is 15.9 Å². The van der Waals surface area contributed by atoms with E-state index in [0.29, 0.717) is 6.42 Å². The molecule has 0 unspecified atom stereocenters. The van der Waals surface area contributed by atoms with Gasteiger partial charge in [0, 0.05) is 23.5 Å². The van der Waals surface area contributed by atoms with Crippen molar-refractivity contribution in [1.29, 1.82) is 0 Å². The van der Waals surface area contributed by atoms with Gasteiger partial charge in [-0.05, 0) is 58.2 Å². The molecule has 1 aliphatic carbocycles. The number of anilines is 2. The first-order chi connectivity index (χ1) is 12.2. The first-order valence-electron chi connectivity index (χ1n) is 8.95. The maximum Gasteiger partial charge on any atom is 0.407 e. The average Bonchev–Trinajstić information content (AvgIpc) is 2.53. The van der Waals surface area contributed by atoms with Gasteiger partial charge >= 0.3 is 6.09 Å². The summed E-state index contributed by atoms with van der Waals surface area (Å²) in [5.74, 6) is -0.150. The summed E-state index contributed by atoms with van der Waals surface area (Å²) in [7, 11) is 1.82. The summed E-state index contributed by atoms with van der Waals surface area (Å²) < 4.78 is 6.21. The molecule has 144 valence electrons. The van der Waals surface area contributed by atoms with E-state index in [4.69, 9.17) is 4.74 Å². The Bertz CT molecular complexity index is 658. The molecule has 3 N–H and O–H groups in total. The van der Waals surface area contributed by atoms with Crippen LogP contribution in [0.4, 0.5) is 16.2 Å². The Labute approximate surface area is 163 Å². The highest BCUT2D eigenvalue weighted by Crippen LogP contribution is 2.29. The summed E-state index contributed by atoms with van der Waals surface area (Å²) in [5, 5.41) is 8.98. The van der Waals surface area contributed by atoms with Gasteiger partial charge in [-0.15, -0.1) is 0 Å². The number of carbonyl (C=O) groups is 2. The van der Waals surface area contributed by atoms with Gasteiger partial charge in [-0.1, -0.05) is 22.4 Å². The topological polar surface area (TPSA) is 79.5 Å². The Morgan fingerprint density at radius 3 is 2.58 bits per heavy atom. The number of alkyl carbamates (subject to hydrolysis) is 1. The molecule has 7 heteroatoms. The van der Waals surface area contributed by atoms with E-state index in [1.165, 1.54) is 0 Å². The van der Waals surface area contributed by atoms with Crippen molar-refractivity contribution in [3.63, 3.8) is 0 Å². The summed E-state index contributed by atoms with van der Waals surface area (Å²) in [6.45, 7) is 5.50. The maximum atomic E-state index is 12.7. The Hall–Kier alpha value is -1.76. The van der Waals surface area contributed by atoms with Crippen molar-refractivity contribution >= 4 is 39.3 Å². The molecule has 0 bridgehead atoms. The average molecular weight is 426 g/mol. The van der Waals surface area contributed by atoms with Crippen LogP contribution in [-0.4, -0.2) is 30.7 Å². The summed E-state index contributed by atoms with van der Waals surface area (Å²) in [6.07, 6.45) is 2.78. The predicted octanol–water partition coefficient (Wildman–Crippen LogP) is 4.51. The van der Waals surface area contributed by atoms with E-state index in [1.54, 1.807) is 0 Å². The quantitative estimate of drug-likeness (QED) is 0.662. The minimum Gasteiger partial charge on any atom is -0.444 e. The van der Waals surface area contributed by atoms with Crippen LogP contribution in [0, 0.1) is 5.92 Å². The predicted molar refractivity (Wildman–Crippen MR) is 107 cm³/mol. The number of ether oxygens (including phenoxy) is 1. The number of carbonyl (C=O) groups excluding carboxylic acids is 2. The Morgan fingerprint density at radius 1 is 1.19 bits per heavy atom. The number of amides is 2. The number of benzene rings is 1. The smallest absolute Gasteiger partial charge is 0.407 e. The van der Waals surface area contributed by atoms with E-state index in [1.807, 2.05) is 46.0 Å². The fourth-order valence-corrected chi connectivity index (χ4v) is 3.47. The Balaban J connectivity index is 1.95. The van der Waals surface area contributed by atoms with Crippen LogP contribution in [0.25, 0.3) is 0 Å². The Kier molecular flexibility index (Phi) is 6.92. The molecule has 0 radical (unpaired) electrons. The number of hydrogen-bond acceptors (Lipinski definition) is 4. The number of halogens is 1. The van der Waals surface area contributed by atoms with Gasteiger partial charge in [0.2, 0.25) is 5.91 Å². The second-order valence-corrected chi connectivity index (χ2v) is 8.55. The van der Waals surface area contributed by atoms with Crippen molar-refractivity contribution in [1.82, 2.24) is 5.32 Å². The van der Waals surface area contributed by atoms with Crippen LogP contribution in [0.15, 0.2) is 22.7 Å². The lowest BCUT2D eigenvalue weighted by Crippen LogP contribution is -2.43. The lowest BCUT2D eigenvalue weighted by molar-refractivity contribution is -0.121. The third-order valence-corrected chi connectivity index (χ3v) is 4.77. The molecule has 1 aliphatic rings. The van der Waals surface area contributed by atoms with Crippen LogP contribution in [0.3, 0.4) is 0 Å². The monoisotopic (exact) mass is 425 g/mol. The molecule has 2 rings (SSSR count). The van der Waals surface area contributed by atoms with Gasteiger partial charge in [0.15, 0.2) is 0 Å². The zero-order valence-corrected chi connectivity index (χ0v) is 17.4. The van der Waals surface area contributed by atoms with Crippen LogP contribution in [0.5, 0.6) is 0 Å². The molecule has 0 aromatic heterocycles. The molecule has 26 heavy (non-hydrogen) atoms. The van der Waals surface area contributed by atoms with E-state index in [9.17, 15) is 9.59 Å². The molecule has 0 saturated heterocycles. The molecule has 1 fully saturated rings. The molecule has 2 amide bonds. The second kappa shape index (κ2) is 8.75.